The molecule has 1 aliphatic rings. The highest BCUT2D eigenvalue weighted by atomic mass is 16.5. The maximum absolute atomic E-state index is 11.8. The second kappa shape index (κ2) is 5.32. The van der Waals surface area contributed by atoms with Gasteiger partial charge in [-0.05, 0) is 30.2 Å². The van der Waals surface area contributed by atoms with Crippen LogP contribution in [0.15, 0.2) is 18.2 Å². The van der Waals surface area contributed by atoms with Gasteiger partial charge in [-0.2, -0.15) is 0 Å². The third-order valence-electron chi connectivity index (χ3n) is 2.99. The van der Waals surface area contributed by atoms with Crippen molar-refractivity contribution in [3.8, 4) is 5.75 Å². The molecule has 0 amide bonds. The van der Waals surface area contributed by atoms with Crippen LogP contribution in [0.2, 0.25) is 0 Å². The minimum atomic E-state index is -0.420. The van der Waals surface area contributed by atoms with Crippen LogP contribution in [0.3, 0.4) is 0 Å². The van der Waals surface area contributed by atoms with E-state index in [9.17, 15) is 4.79 Å². The Morgan fingerprint density at radius 1 is 1.47 bits per heavy atom. The Balaban J connectivity index is 2.26. The topological polar surface area (TPSA) is 35.5 Å². The molecule has 3 heteroatoms. The van der Waals surface area contributed by atoms with Crippen molar-refractivity contribution in [1.82, 2.24) is 0 Å². The fourth-order valence-corrected chi connectivity index (χ4v) is 2.10. The first kappa shape index (κ1) is 12.1. The zero-order valence-corrected chi connectivity index (χ0v) is 10.4. The molecule has 1 atom stereocenters. The van der Waals surface area contributed by atoms with Crippen LogP contribution in [0.5, 0.6) is 5.75 Å². The number of fused-ring (bicyclic) bond motifs is 1. The fraction of sp³-hybridized carbons (Fsp3) is 0.500. The number of Topliss-reactive ketones (excluding diaryl/α,β-unsaturated/α-hetero) is 1. The monoisotopic (exact) mass is 234 g/mol. The Kier molecular flexibility index (Phi) is 3.79. The van der Waals surface area contributed by atoms with E-state index in [0.717, 1.165) is 24.3 Å². The van der Waals surface area contributed by atoms with E-state index in [1.54, 1.807) is 0 Å². The minimum absolute atomic E-state index is 0.130. The second-order valence-electron chi connectivity index (χ2n) is 4.12. The van der Waals surface area contributed by atoms with Crippen LogP contribution in [0, 0.1) is 0 Å². The molecule has 92 valence electrons. The molecule has 0 saturated carbocycles. The van der Waals surface area contributed by atoms with Gasteiger partial charge in [-0.3, -0.25) is 4.79 Å². The number of benzene rings is 1. The summed E-state index contributed by atoms with van der Waals surface area (Å²) in [6.07, 6.45) is 0.997. The van der Waals surface area contributed by atoms with E-state index in [0.29, 0.717) is 13.0 Å². The van der Waals surface area contributed by atoms with Crippen molar-refractivity contribution >= 4 is 5.78 Å². The number of hydrogen-bond donors (Lipinski definition) is 0. The van der Waals surface area contributed by atoms with Crippen molar-refractivity contribution in [1.29, 1.82) is 0 Å². The maximum atomic E-state index is 11.8. The lowest BCUT2D eigenvalue weighted by Gasteiger charge is -2.16. The highest BCUT2D eigenvalue weighted by molar-refractivity contribution is 5.84. The number of ketones is 1. The van der Waals surface area contributed by atoms with Gasteiger partial charge in [0.2, 0.25) is 0 Å². The molecule has 1 unspecified atom stereocenters. The van der Waals surface area contributed by atoms with Gasteiger partial charge in [0.25, 0.3) is 0 Å². The summed E-state index contributed by atoms with van der Waals surface area (Å²) in [7, 11) is 0. The number of rotatable bonds is 5. The zero-order valence-electron chi connectivity index (χ0n) is 10.4. The lowest BCUT2D eigenvalue weighted by Crippen LogP contribution is -2.15. The highest BCUT2D eigenvalue weighted by Gasteiger charge is 2.21. The first-order valence-electron chi connectivity index (χ1n) is 6.16. The molecule has 1 aromatic carbocycles. The first-order chi connectivity index (χ1) is 8.26. The average molecular weight is 234 g/mol. The van der Waals surface area contributed by atoms with E-state index >= 15 is 0 Å². The summed E-state index contributed by atoms with van der Waals surface area (Å²) in [5.74, 6) is 1.07. The lowest BCUT2D eigenvalue weighted by molar-refractivity contribution is -0.130. The van der Waals surface area contributed by atoms with Gasteiger partial charge < -0.3 is 9.47 Å². The standard InChI is InChI=1S/C14H18O3/c1-3-12(15)14(16-4-2)11-5-6-13-10(9-11)7-8-17-13/h5-6,9,14H,3-4,7-8H2,1-2H3. The molecule has 0 radical (unpaired) electrons. The summed E-state index contributed by atoms with van der Waals surface area (Å²) >= 11 is 0. The van der Waals surface area contributed by atoms with Crippen molar-refractivity contribution in [2.45, 2.75) is 32.8 Å². The first-order valence-corrected chi connectivity index (χ1v) is 6.16. The molecule has 0 aliphatic carbocycles. The Labute approximate surface area is 102 Å². The number of carbonyl (C=O) groups is 1. The van der Waals surface area contributed by atoms with Crippen LogP contribution < -0.4 is 4.74 Å². The molecular formula is C14H18O3. The second-order valence-corrected chi connectivity index (χ2v) is 4.12. The van der Waals surface area contributed by atoms with Gasteiger partial charge in [-0.25, -0.2) is 0 Å². The Morgan fingerprint density at radius 3 is 3.00 bits per heavy atom. The summed E-state index contributed by atoms with van der Waals surface area (Å²) < 4.78 is 11.0. The van der Waals surface area contributed by atoms with Crippen LogP contribution >= 0.6 is 0 Å². The molecule has 1 aliphatic heterocycles. The maximum Gasteiger partial charge on any atom is 0.165 e. The van der Waals surface area contributed by atoms with E-state index in [-0.39, 0.29) is 5.78 Å². The minimum Gasteiger partial charge on any atom is -0.493 e. The largest absolute Gasteiger partial charge is 0.493 e. The third-order valence-corrected chi connectivity index (χ3v) is 2.99. The normalized spacial score (nSPS) is 15.2. The van der Waals surface area contributed by atoms with Crippen LogP contribution in [0.4, 0.5) is 0 Å². The number of ether oxygens (including phenoxy) is 2. The molecule has 0 N–H and O–H groups in total. The number of carbonyl (C=O) groups excluding carboxylic acids is 1. The van der Waals surface area contributed by atoms with Gasteiger partial charge in [0.15, 0.2) is 5.78 Å². The fourth-order valence-electron chi connectivity index (χ4n) is 2.10. The van der Waals surface area contributed by atoms with Crippen LogP contribution in [-0.2, 0) is 16.0 Å². The molecule has 2 rings (SSSR count). The van der Waals surface area contributed by atoms with Gasteiger partial charge in [0, 0.05) is 19.4 Å². The predicted octanol–water partition coefficient (Wildman–Crippen LogP) is 2.68. The molecule has 1 aromatic rings. The SMILES string of the molecule is CCOC(C(=O)CC)c1ccc2c(c1)CCO2. The summed E-state index contributed by atoms with van der Waals surface area (Å²) in [4.78, 5) is 11.8. The van der Waals surface area contributed by atoms with Crippen molar-refractivity contribution in [2.24, 2.45) is 0 Å². The Bertz CT molecular complexity index is 412. The molecule has 3 nitrogen and oxygen atoms in total. The van der Waals surface area contributed by atoms with Crippen molar-refractivity contribution in [2.75, 3.05) is 13.2 Å². The van der Waals surface area contributed by atoms with Crippen LogP contribution in [-0.4, -0.2) is 19.0 Å². The molecule has 1 heterocycles. The van der Waals surface area contributed by atoms with Crippen LogP contribution in [0.25, 0.3) is 0 Å². The van der Waals surface area contributed by atoms with E-state index in [4.69, 9.17) is 9.47 Å². The third kappa shape index (κ3) is 2.50. The van der Waals surface area contributed by atoms with E-state index in [2.05, 4.69) is 0 Å². The summed E-state index contributed by atoms with van der Waals surface area (Å²) in [5.41, 5.74) is 2.12. The van der Waals surface area contributed by atoms with Crippen molar-refractivity contribution in [3.05, 3.63) is 29.3 Å². The average Bonchev–Trinajstić information content (AvgIpc) is 2.82. The van der Waals surface area contributed by atoms with Crippen molar-refractivity contribution in [3.63, 3.8) is 0 Å². The molecule has 0 saturated heterocycles. The van der Waals surface area contributed by atoms with Crippen molar-refractivity contribution < 1.29 is 14.3 Å². The molecule has 17 heavy (non-hydrogen) atoms. The zero-order chi connectivity index (χ0) is 12.3. The number of hydrogen-bond acceptors (Lipinski definition) is 3. The van der Waals surface area contributed by atoms with Gasteiger partial charge in [0.05, 0.1) is 6.61 Å². The molecule has 0 spiro atoms. The predicted molar refractivity (Wildman–Crippen MR) is 65.3 cm³/mol. The van der Waals surface area contributed by atoms with Gasteiger partial charge in [0.1, 0.15) is 11.9 Å². The highest BCUT2D eigenvalue weighted by Crippen LogP contribution is 2.30. The van der Waals surface area contributed by atoms with E-state index in [1.165, 1.54) is 5.56 Å². The molecule has 0 bridgehead atoms. The van der Waals surface area contributed by atoms with E-state index in [1.807, 2.05) is 32.0 Å². The smallest absolute Gasteiger partial charge is 0.165 e. The molecule has 0 aromatic heterocycles. The quantitative estimate of drug-likeness (QED) is 0.785. The van der Waals surface area contributed by atoms with Crippen LogP contribution in [0.1, 0.15) is 37.5 Å². The summed E-state index contributed by atoms with van der Waals surface area (Å²) in [6, 6.07) is 5.90. The summed E-state index contributed by atoms with van der Waals surface area (Å²) in [6.45, 7) is 5.06. The van der Waals surface area contributed by atoms with E-state index < -0.39 is 6.10 Å². The molecule has 0 fully saturated rings. The lowest BCUT2D eigenvalue weighted by atomic mass is 10.0. The Hall–Kier alpha value is -1.35. The molecular weight excluding hydrogens is 216 g/mol. The van der Waals surface area contributed by atoms with Gasteiger partial charge in [-0.15, -0.1) is 0 Å². The Morgan fingerprint density at radius 2 is 2.29 bits per heavy atom. The van der Waals surface area contributed by atoms with Gasteiger partial charge >= 0.3 is 0 Å². The summed E-state index contributed by atoms with van der Waals surface area (Å²) in [5, 5.41) is 0. The van der Waals surface area contributed by atoms with Gasteiger partial charge in [-0.1, -0.05) is 13.0 Å².